The molecule has 0 aliphatic carbocycles. The first-order valence-electron chi connectivity index (χ1n) is 6.84. The van der Waals surface area contributed by atoms with Crippen LogP contribution in [0.2, 0.25) is 0 Å². The molecule has 0 saturated carbocycles. The number of methoxy groups -OCH3 is 2. The zero-order valence-electron chi connectivity index (χ0n) is 12.5. The Morgan fingerprint density at radius 2 is 1.76 bits per heavy atom. The van der Waals surface area contributed by atoms with Gasteiger partial charge in [-0.3, -0.25) is 0 Å². The van der Waals surface area contributed by atoms with Gasteiger partial charge in [-0.25, -0.2) is 0 Å². The topological polar surface area (TPSA) is 30.5 Å². The number of nitrogens with one attached hydrogen (secondary N) is 1. The molecule has 0 aliphatic heterocycles. The van der Waals surface area contributed by atoms with Crippen molar-refractivity contribution in [3.63, 3.8) is 0 Å². The minimum absolute atomic E-state index is 0.210. The Balaban J connectivity index is 2.04. The average molecular weight is 350 g/mol. The van der Waals surface area contributed by atoms with Crippen molar-refractivity contribution in [2.45, 2.75) is 19.5 Å². The maximum Gasteiger partial charge on any atom is 0.133 e. The lowest BCUT2D eigenvalue weighted by molar-refractivity contribution is 0.401. The van der Waals surface area contributed by atoms with Crippen molar-refractivity contribution in [3.05, 3.63) is 58.1 Å². The van der Waals surface area contributed by atoms with E-state index in [2.05, 4.69) is 46.4 Å². The summed E-state index contributed by atoms with van der Waals surface area (Å²) >= 11 is 3.51. The van der Waals surface area contributed by atoms with Gasteiger partial charge in [0.1, 0.15) is 11.5 Å². The number of hydrogen-bond acceptors (Lipinski definition) is 3. The highest BCUT2D eigenvalue weighted by Gasteiger charge is 2.10. The Labute approximate surface area is 134 Å². The molecule has 2 aromatic carbocycles. The molecule has 0 spiro atoms. The van der Waals surface area contributed by atoms with Gasteiger partial charge >= 0.3 is 0 Å². The molecule has 1 atom stereocenters. The molecule has 0 saturated heterocycles. The van der Waals surface area contributed by atoms with Crippen LogP contribution in [0.25, 0.3) is 0 Å². The number of para-hydroxylation sites is 1. The summed E-state index contributed by atoms with van der Waals surface area (Å²) in [5, 5.41) is 3.51. The predicted molar refractivity (Wildman–Crippen MR) is 88.9 cm³/mol. The van der Waals surface area contributed by atoms with Crippen molar-refractivity contribution < 1.29 is 9.47 Å². The second-order valence-electron chi connectivity index (χ2n) is 4.81. The van der Waals surface area contributed by atoms with Gasteiger partial charge in [0, 0.05) is 18.2 Å². The first kappa shape index (κ1) is 15.9. The van der Waals surface area contributed by atoms with Gasteiger partial charge in [-0.05, 0) is 46.6 Å². The molecule has 1 unspecified atom stereocenters. The summed E-state index contributed by atoms with van der Waals surface area (Å²) in [6.07, 6.45) is 0. The van der Waals surface area contributed by atoms with E-state index in [0.717, 1.165) is 28.1 Å². The Morgan fingerprint density at radius 1 is 1.05 bits per heavy atom. The van der Waals surface area contributed by atoms with Gasteiger partial charge in [-0.15, -0.1) is 0 Å². The Morgan fingerprint density at radius 3 is 2.43 bits per heavy atom. The molecule has 0 bridgehead atoms. The van der Waals surface area contributed by atoms with Gasteiger partial charge in [0.15, 0.2) is 0 Å². The summed E-state index contributed by atoms with van der Waals surface area (Å²) in [6, 6.07) is 14.4. The van der Waals surface area contributed by atoms with E-state index in [9.17, 15) is 0 Å². The van der Waals surface area contributed by atoms with E-state index in [4.69, 9.17) is 9.47 Å². The molecule has 0 radical (unpaired) electrons. The lowest BCUT2D eigenvalue weighted by Gasteiger charge is -2.17. The van der Waals surface area contributed by atoms with Crippen molar-refractivity contribution in [1.29, 1.82) is 0 Å². The first-order valence-corrected chi connectivity index (χ1v) is 7.63. The van der Waals surface area contributed by atoms with Crippen LogP contribution >= 0.6 is 15.9 Å². The highest BCUT2D eigenvalue weighted by Crippen LogP contribution is 2.27. The molecule has 0 amide bonds. The molecule has 2 rings (SSSR count). The minimum atomic E-state index is 0.210. The highest BCUT2D eigenvalue weighted by molar-refractivity contribution is 9.10. The molecule has 0 heterocycles. The summed E-state index contributed by atoms with van der Waals surface area (Å²) in [7, 11) is 3.37. The van der Waals surface area contributed by atoms with Crippen molar-refractivity contribution in [2.24, 2.45) is 0 Å². The second kappa shape index (κ2) is 7.48. The SMILES string of the molecule is COc1ccc(CNC(C)c2ccccc2OC)cc1Br. The Bertz CT molecular complexity index is 601. The third kappa shape index (κ3) is 3.99. The van der Waals surface area contributed by atoms with Gasteiger partial charge in [0.2, 0.25) is 0 Å². The smallest absolute Gasteiger partial charge is 0.133 e. The summed E-state index contributed by atoms with van der Waals surface area (Å²) in [5.74, 6) is 1.75. The number of hydrogen-bond donors (Lipinski definition) is 1. The van der Waals surface area contributed by atoms with E-state index in [0.29, 0.717) is 0 Å². The van der Waals surface area contributed by atoms with Crippen LogP contribution in [0, 0.1) is 0 Å². The minimum Gasteiger partial charge on any atom is -0.496 e. The van der Waals surface area contributed by atoms with E-state index < -0.39 is 0 Å². The number of rotatable bonds is 6. The van der Waals surface area contributed by atoms with Crippen LogP contribution in [0.4, 0.5) is 0 Å². The van der Waals surface area contributed by atoms with Crippen molar-refractivity contribution >= 4 is 15.9 Å². The van der Waals surface area contributed by atoms with E-state index in [1.807, 2.05) is 24.3 Å². The zero-order valence-corrected chi connectivity index (χ0v) is 14.1. The molecule has 0 fully saturated rings. The van der Waals surface area contributed by atoms with E-state index in [1.165, 1.54) is 5.56 Å². The van der Waals surface area contributed by atoms with Crippen LogP contribution < -0.4 is 14.8 Å². The normalized spacial score (nSPS) is 12.0. The third-order valence-electron chi connectivity index (χ3n) is 3.43. The van der Waals surface area contributed by atoms with Crippen LogP contribution in [0.5, 0.6) is 11.5 Å². The quantitative estimate of drug-likeness (QED) is 0.842. The van der Waals surface area contributed by atoms with Crippen LogP contribution in [0.1, 0.15) is 24.1 Å². The van der Waals surface area contributed by atoms with E-state index >= 15 is 0 Å². The van der Waals surface area contributed by atoms with Gasteiger partial charge in [0.05, 0.1) is 18.7 Å². The third-order valence-corrected chi connectivity index (χ3v) is 4.05. The Hall–Kier alpha value is -1.52. The van der Waals surface area contributed by atoms with Crippen LogP contribution in [-0.4, -0.2) is 14.2 Å². The highest BCUT2D eigenvalue weighted by atomic mass is 79.9. The summed E-state index contributed by atoms with van der Waals surface area (Å²) in [5.41, 5.74) is 2.36. The fourth-order valence-electron chi connectivity index (χ4n) is 2.22. The first-order chi connectivity index (χ1) is 10.2. The van der Waals surface area contributed by atoms with Crippen molar-refractivity contribution in [3.8, 4) is 11.5 Å². The summed E-state index contributed by atoms with van der Waals surface area (Å²) in [6.45, 7) is 2.91. The van der Waals surface area contributed by atoms with Gasteiger partial charge in [-0.2, -0.15) is 0 Å². The average Bonchev–Trinajstić information content (AvgIpc) is 2.52. The lowest BCUT2D eigenvalue weighted by atomic mass is 10.1. The number of ether oxygens (including phenoxy) is 2. The van der Waals surface area contributed by atoms with Crippen LogP contribution in [0.3, 0.4) is 0 Å². The second-order valence-corrected chi connectivity index (χ2v) is 5.67. The maximum absolute atomic E-state index is 5.40. The van der Waals surface area contributed by atoms with Crippen molar-refractivity contribution in [1.82, 2.24) is 5.32 Å². The molecular weight excluding hydrogens is 330 g/mol. The molecule has 0 aliphatic rings. The molecular formula is C17H20BrNO2. The monoisotopic (exact) mass is 349 g/mol. The number of benzene rings is 2. The molecule has 3 nitrogen and oxygen atoms in total. The zero-order chi connectivity index (χ0) is 15.2. The number of halogens is 1. The molecule has 112 valence electrons. The predicted octanol–water partition coefficient (Wildman–Crippen LogP) is 4.32. The summed E-state index contributed by atoms with van der Waals surface area (Å²) in [4.78, 5) is 0. The lowest BCUT2D eigenvalue weighted by Crippen LogP contribution is -2.18. The maximum atomic E-state index is 5.40. The fraction of sp³-hybridized carbons (Fsp3) is 0.294. The molecule has 2 aromatic rings. The largest absolute Gasteiger partial charge is 0.496 e. The fourth-order valence-corrected chi connectivity index (χ4v) is 2.81. The van der Waals surface area contributed by atoms with E-state index in [1.54, 1.807) is 14.2 Å². The van der Waals surface area contributed by atoms with Gasteiger partial charge in [0.25, 0.3) is 0 Å². The van der Waals surface area contributed by atoms with E-state index in [-0.39, 0.29) is 6.04 Å². The van der Waals surface area contributed by atoms with Gasteiger partial charge in [-0.1, -0.05) is 24.3 Å². The standard InChI is InChI=1S/C17H20BrNO2/c1-12(14-6-4-5-7-16(14)20-2)19-11-13-8-9-17(21-3)15(18)10-13/h4-10,12,19H,11H2,1-3H3. The van der Waals surface area contributed by atoms with Crippen LogP contribution in [-0.2, 0) is 6.54 Å². The van der Waals surface area contributed by atoms with Crippen LogP contribution in [0.15, 0.2) is 46.9 Å². The molecule has 0 aromatic heterocycles. The summed E-state index contributed by atoms with van der Waals surface area (Å²) < 4.78 is 11.6. The van der Waals surface area contributed by atoms with Gasteiger partial charge < -0.3 is 14.8 Å². The molecule has 1 N–H and O–H groups in total. The molecule has 21 heavy (non-hydrogen) atoms. The molecule has 4 heteroatoms. The van der Waals surface area contributed by atoms with Crippen molar-refractivity contribution in [2.75, 3.05) is 14.2 Å². The Kier molecular flexibility index (Phi) is 5.65.